The molecule has 0 radical (unpaired) electrons. The molecule has 100 valence electrons. The molecule has 1 saturated heterocycles. The molecule has 18 heavy (non-hydrogen) atoms. The van der Waals surface area contributed by atoms with Crippen LogP contribution in [-0.4, -0.2) is 43.5 Å². The number of piperazine rings is 1. The lowest BCUT2D eigenvalue weighted by Gasteiger charge is -2.37. The summed E-state index contributed by atoms with van der Waals surface area (Å²) < 4.78 is 0. The molecule has 1 aliphatic heterocycles. The lowest BCUT2D eigenvalue weighted by molar-refractivity contribution is 0.259. The van der Waals surface area contributed by atoms with E-state index in [1.54, 1.807) is 0 Å². The van der Waals surface area contributed by atoms with Gasteiger partial charge in [0.2, 0.25) is 0 Å². The molecule has 0 bridgehead atoms. The van der Waals surface area contributed by atoms with Crippen LogP contribution < -0.4 is 4.90 Å². The van der Waals surface area contributed by atoms with Gasteiger partial charge in [0.25, 0.3) is 0 Å². The summed E-state index contributed by atoms with van der Waals surface area (Å²) in [7, 11) is 0. The minimum atomic E-state index is 0.775. The molecule has 1 fully saturated rings. The normalized spacial score (nSPS) is 17.2. The smallest absolute Gasteiger partial charge is 0.0399 e. The van der Waals surface area contributed by atoms with Gasteiger partial charge in [-0.3, -0.25) is 4.90 Å². The van der Waals surface area contributed by atoms with E-state index in [0.29, 0.717) is 0 Å². The minimum Gasteiger partial charge on any atom is -0.369 e. The molecular weight excluding hydrogens is 244 g/mol. The Hall–Kier alpha value is -0.730. The lowest BCUT2D eigenvalue weighted by atomic mass is 10.1. The van der Waals surface area contributed by atoms with E-state index in [1.165, 1.54) is 16.8 Å². The summed E-state index contributed by atoms with van der Waals surface area (Å²) in [5, 5.41) is 0. The largest absolute Gasteiger partial charge is 0.369 e. The van der Waals surface area contributed by atoms with Gasteiger partial charge in [-0.05, 0) is 44.0 Å². The number of anilines is 1. The highest BCUT2D eigenvalue weighted by molar-refractivity contribution is 6.17. The molecule has 0 aliphatic carbocycles. The van der Waals surface area contributed by atoms with E-state index < -0.39 is 0 Å². The fourth-order valence-electron chi connectivity index (χ4n) is 2.57. The third kappa shape index (κ3) is 3.18. The average molecular weight is 267 g/mol. The van der Waals surface area contributed by atoms with Crippen LogP contribution in [0.15, 0.2) is 18.2 Å². The van der Waals surface area contributed by atoms with E-state index in [-0.39, 0.29) is 0 Å². The molecule has 2 nitrogen and oxygen atoms in total. The summed E-state index contributed by atoms with van der Waals surface area (Å²) in [5.74, 6) is 0.775. The van der Waals surface area contributed by atoms with E-state index >= 15 is 0 Å². The Morgan fingerprint density at radius 3 is 2.50 bits per heavy atom. The van der Waals surface area contributed by atoms with Gasteiger partial charge in [0.1, 0.15) is 0 Å². The standard InChI is InChI=1S/C15H23ClN2/c1-13-5-3-6-15(14(13)2)18-11-9-17(10-12-18)8-4-7-16/h3,5-6H,4,7-12H2,1-2H3. The van der Waals surface area contributed by atoms with Gasteiger partial charge in [-0.2, -0.15) is 0 Å². The zero-order valence-electron chi connectivity index (χ0n) is 11.5. The second-order valence-corrected chi connectivity index (χ2v) is 5.47. The van der Waals surface area contributed by atoms with Gasteiger partial charge in [0, 0.05) is 37.7 Å². The number of nitrogens with zero attached hydrogens (tertiary/aromatic N) is 2. The molecule has 2 rings (SSSR count). The van der Waals surface area contributed by atoms with Crippen molar-refractivity contribution in [3.63, 3.8) is 0 Å². The first-order valence-corrected chi connectivity index (χ1v) is 7.35. The van der Waals surface area contributed by atoms with Crippen LogP contribution in [0.25, 0.3) is 0 Å². The molecule has 0 atom stereocenters. The zero-order chi connectivity index (χ0) is 13.0. The van der Waals surface area contributed by atoms with E-state index in [9.17, 15) is 0 Å². The summed E-state index contributed by atoms with van der Waals surface area (Å²) >= 11 is 5.75. The van der Waals surface area contributed by atoms with E-state index in [1.807, 2.05) is 0 Å². The first kappa shape index (κ1) is 13.7. The van der Waals surface area contributed by atoms with Crippen LogP contribution in [0.5, 0.6) is 0 Å². The Bertz CT molecular complexity index is 384. The van der Waals surface area contributed by atoms with Crippen molar-refractivity contribution in [2.24, 2.45) is 0 Å². The van der Waals surface area contributed by atoms with E-state index in [2.05, 4.69) is 41.8 Å². The highest BCUT2D eigenvalue weighted by Gasteiger charge is 2.18. The van der Waals surface area contributed by atoms with Crippen molar-refractivity contribution in [3.8, 4) is 0 Å². The second kappa shape index (κ2) is 6.44. The van der Waals surface area contributed by atoms with Crippen molar-refractivity contribution < 1.29 is 0 Å². The van der Waals surface area contributed by atoms with Crippen LogP contribution in [0.1, 0.15) is 17.5 Å². The van der Waals surface area contributed by atoms with Gasteiger partial charge in [0.15, 0.2) is 0 Å². The number of aryl methyl sites for hydroxylation is 1. The van der Waals surface area contributed by atoms with Crippen LogP contribution in [0.3, 0.4) is 0 Å². The molecule has 0 unspecified atom stereocenters. The zero-order valence-corrected chi connectivity index (χ0v) is 12.2. The summed E-state index contributed by atoms with van der Waals surface area (Å²) in [6.45, 7) is 10.1. The van der Waals surface area contributed by atoms with Gasteiger partial charge < -0.3 is 4.90 Å². The fourth-order valence-corrected chi connectivity index (χ4v) is 2.69. The minimum absolute atomic E-state index is 0.775. The summed E-state index contributed by atoms with van der Waals surface area (Å²) in [5.41, 5.74) is 4.22. The molecule has 3 heteroatoms. The fraction of sp³-hybridized carbons (Fsp3) is 0.600. The first-order valence-electron chi connectivity index (χ1n) is 6.82. The Morgan fingerprint density at radius 2 is 1.83 bits per heavy atom. The number of hydrogen-bond acceptors (Lipinski definition) is 2. The van der Waals surface area contributed by atoms with Gasteiger partial charge in [-0.1, -0.05) is 12.1 Å². The van der Waals surface area contributed by atoms with Crippen LogP contribution in [0.4, 0.5) is 5.69 Å². The number of benzene rings is 1. The topological polar surface area (TPSA) is 6.48 Å². The summed E-state index contributed by atoms with van der Waals surface area (Å²) in [6.07, 6.45) is 1.10. The first-order chi connectivity index (χ1) is 8.72. The van der Waals surface area contributed by atoms with Crippen LogP contribution in [0.2, 0.25) is 0 Å². The Labute approximate surface area is 116 Å². The molecule has 0 aromatic heterocycles. The van der Waals surface area contributed by atoms with Crippen LogP contribution in [0, 0.1) is 13.8 Å². The third-order valence-corrected chi connectivity index (χ3v) is 4.16. The number of halogens is 1. The predicted molar refractivity (Wildman–Crippen MR) is 79.9 cm³/mol. The Morgan fingerprint density at radius 1 is 1.11 bits per heavy atom. The molecule has 1 aromatic rings. The Kier molecular flexibility index (Phi) is 4.90. The molecule has 1 aromatic carbocycles. The van der Waals surface area contributed by atoms with Crippen molar-refractivity contribution in [2.45, 2.75) is 20.3 Å². The summed E-state index contributed by atoms with van der Waals surface area (Å²) in [4.78, 5) is 5.03. The molecule has 0 amide bonds. The monoisotopic (exact) mass is 266 g/mol. The van der Waals surface area contributed by atoms with E-state index in [0.717, 1.165) is 45.0 Å². The SMILES string of the molecule is Cc1cccc(N2CCN(CCCCl)CC2)c1C. The van der Waals surface area contributed by atoms with E-state index in [4.69, 9.17) is 11.6 Å². The molecule has 0 N–H and O–H groups in total. The molecule has 0 spiro atoms. The number of alkyl halides is 1. The number of rotatable bonds is 4. The molecular formula is C15H23ClN2. The average Bonchev–Trinajstić information content (AvgIpc) is 2.40. The second-order valence-electron chi connectivity index (χ2n) is 5.09. The van der Waals surface area contributed by atoms with Gasteiger partial charge in [-0.15, -0.1) is 11.6 Å². The van der Waals surface area contributed by atoms with Gasteiger partial charge >= 0.3 is 0 Å². The van der Waals surface area contributed by atoms with Gasteiger partial charge in [0.05, 0.1) is 0 Å². The van der Waals surface area contributed by atoms with Crippen LogP contribution >= 0.6 is 11.6 Å². The van der Waals surface area contributed by atoms with Crippen molar-refractivity contribution >= 4 is 17.3 Å². The predicted octanol–water partition coefficient (Wildman–Crippen LogP) is 3.05. The maximum atomic E-state index is 5.75. The Balaban J connectivity index is 1.95. The van der Waals surface area contributed by atoms with Crippen molar-refractivity contribution in [1.82, 2.24) is 4.90 Å². The third-order valence-electron chi connectivity index (χ3n) is 3.90. The maximum Gasteiger partial charge on any atom is 0.0399 e. The summed E-state index contributed by atoms with van der Waals surface area (Å²) in [6, 6.07) is 6.60. The van der Waals surface area contributed by atoms with Gasteiger partial charge in [-0.25, -0.2) is 0 Å². The highest BCUT2D eigenvalue weighted by Crippen LogP contribution is 2.23. The highest BCUT2D eigenvalue weighted by atomic mass is 35.5. The maximum absolute atomic E-state index is 5.75. The van der Waals surface area contributed by atoms with Crippen LogP contribution in [-0.2, 0) is 0 Å². The van der Waals surface area contributed by atoms with Crippen molar-refractivity contribution in [1.29, 1.82) is 0 Å². The van der Waals surface area contributed by atoms with Crippen molar-refractivity contribution in [2.75, 3.05) is 43.5 Å². The molecule has 1 aliphatic rings. The quantitative estimate of drug-likeness (QED) is 0.773. The lowest BCUT2D eigenvalue weighted by Crippen LogP contribution is -2.46. The van der Waals surface area contributed by atoms with Crippen molar-refractivity contribution in [3.05, 3.63) is 29.3 Å². The molecule has 1 heterocycles. The number of hydrogen-bond donors (Lipinski definition) is 0. The molecule has 0 saturated carbocycles.